The molecule has 0 fully saturated rings. The van der Waals surface area contributed by atoms with Gasteiger partial charge in [-0.25, -0.2) is 4.39 Å². The molecule has 106 valence electrons. The molecule has 1 rings (SSSR count). The lowest BCUT2D eigenvalue weighted by Gasteiger charge is -2.33. The van der Waals surface area contributed by atoms with Crippen LogP contribution in [0.4, 0.5) is 4.39 Å². The van der Waals surface area contributed by atoms with Gasteiger partial charge in [0.2, 0.25) is 0 Å². The van der Waals surface area contributed by atoms with E-state index in [1.165, 1.54) is 12.1 Å². The number of hydrogen-bond acceptors (Lipinski definition) is 2. The van der Waals surface area contributed by atoms with Gasteiger partial charge < -0.3 is 5.11 Å². The molecule has 0 radical (unpaired) electrons. The van der Waals surface area contributed by atoms with Crippen LogP contribution in [0.1, 0.15) is 38.8 Å². The van der Waals surface area contributed by atoms with E-state index in [1.807, 2.05) is 20.8 Å². The van der Waals surface area contributed by atoms with E-state index in [9.17, 15) is 9.18 Å². The molecule has 0 bridgehead atoms. The average molecular weight is 332 g/mol. The van der Waals surface area contributed by atoms with Crippen LogP contribution in [0.3, 0.4) is 0 Å². The van der Waals surface area contributed by atoms with Gasteiger partial charge in [0.05, 0.1) is 6.42 Å². The van der Waals surface area contributed by atoms with Gasteiger partial charge in [-0.2, -0.15) is 0 Å². The Morgan fingerprint density at radius 1 is 1.42 bits per heavy atom. The van der Waals surface area contributed by atoms with Crippen molar-refractivity contribution in [1.29, 1.82) is 0 Å². The first-order chi connectivity index (χ1) is 8.82. The first-order valence-electron chi connectivity index (χ1n) is 6.25. The maximum absolute atomic E-state index is 13.1. The molecule has 0 saturated heterocycles. The van der Waals surface area contributed by atoms with E-state index in [0.29, 0.717) is 11.0 Å². The molecule has 0 aromatic heterocycles. The third-order valence-corrected chi connectivity index (χ3v) is 3.84. The molecule has 1 N–H and O–H groups in total. The molecule has 0 amide bonds. The maximum Gasteiger partial charge on any atom is 0.304 e. The van der Waals surface area contributed by atoms with Gasteiger partial charge in [0.25, 0.3) is 0 Å². The summed E-state index contributed by atoms with van der Waals surface area (Å²) in [5.41, 5.74) is 0.959. The van der Waals surface area contributed by atoms with Crippen molar-refractivity contribution in [2.24, 2.45) is 0 Å². The van der Waals surface area contributed by atoms with Crippen molar-refractivity contribution in [1.82, 2.24) is 4.90 Å². The lowest BCUT2D eigenvalue weighted by molar-refractivity contribution is -0.137. The summed E-state index contributed by atoms with van der Waals surface area (Å²) in [6.45, 7) is 6.52. The third-order valence-electron chi connectivity index (χ3n) is 3.16. The number of nitrogens with zero attached hydrogens (tertiary/aromatic N) is 1. The number of benzene rings is 1. The van der Waals surface area contributed by atoms with E-state index in [1.54, 1.807) is 6.07 Å². The zero-order valence-corrected chi connectivity index (χ0v) is 12.9. The quantitative estimate of drug-likeness (QED) is 0.861. The highest BCUT2D eigenvalue weighted by Crippen LogP contribution is 2.29. The van der Waals surface area contributed by atoms with Gasteiger partial charge in [-0.3, -0.25) is 9.69 Å². The highest BCUT2D eigenvalue weighted by atomic mass is 79.9. The van der Waals surface area contributed by atoms with Crippen LogP contribution in [0.2, 0.25) is 0 Å². The van der Waals surface area contributed by atoms with Gasteiger partial charge in [0.1, 0.15) is 5.82 Å². The summed E-state index contributed by atoms with van der Waals surface area (Å²) >= 11 is 3.36. The second-order valence-corrected chi connectivity index (χ2v) is 5.67. The highest BCUT2D eigenvalue weighted by molar-refractivity contribution is 9.10. The Hall–Kier alpha value is -0.940. The molecule has 1 atom stereocenters. The van der Waals surface area contributed by atoms with Crippen LogP contribution in [-0.2, 0) is 4.79 Å². The van der Waals surface area contributed by atoms with E-state index in [4.69, 9.17) is 5.11 Å². The van der Waals surface area contributed by atoms with Gasteiger partial charge in [0.15, 0.2) is 0 Å². The molecule has 0 aliphatic carbocycles. The third kappa shape index (κ3) is 4.58. The first-order valence-corrected chi connectivity index (χ1v) is 7.04. The molecule has 0 saturated carbocycles. The first kappa shape index (κ1) is 16.1. The fourth-order valence-electron chi connectivity index (χ4n) is 2.14. The molecule has 0 aliphatic heterocycles. The molecule has 19 heavy (non-hydrogen) atoms. The zero-order valence-electron chi connectivity index (χ0n) is 11.4. The lowest BCUT2D eigenvalue weighted by Crippen LogP contribution is -2.35. The van der Waals surface area contributed by atoms with Gasteiger partial charge in [0, 0.05) is 23.1 Å². The number of carboxylic acid groups (broad SMARTS) is 1. The average Bonchev–Trinajstić information content (AvgIpc) is 2.27. The van der Waals surface area contributed by atoms with Crippen LogP contribution in [0.15, 0.2) is 22.7 Å². The Morgan fingerprint density at radius 2 is 2.05 bits per heavy atom. The fourth-order valence-corrected chi connectivity index (χ4v) is 2.82. The Bertz CT molecular complexity index is 451. The van der Waals surface area contributed by atoms with Gasteiger partial charge in [-0.05, 0) is 38.5 Å². The molecule has 1 aromatic carbocycles. The summed E-state index contributed by atoms with van der Waals surface area (Å²) in [5.74, 6) is -1.10. The summed E-state index contributed by atoms with van der Waals surface area (Å²) in [4.78, 5) is 12.8. The largest absolute Gasteiger partial charge is 0.481 e. The van der Waals surface area contributed by atoms with Crippen LogP contribution >= 0.6 is 15.9 Å². The van der Waals surface area contributed by atoms with Crippen LogP contribution in [0.5, 0.6) is 0 Å². The number of carbonyl (C=O) groups is 1. The van der Waals surface area contributed by atoms with Gasteiger partial charge in [-0.1, -0.05) is 22.0 Å². The van der Waals surface area contributed by atoms with Crippen molar-refractivity contribution < 1.29 is 14.3 Å². The zero-order chi connectivity index (χ0) is 14.6. The minimum Gasteiger partial charge on any atom is -0.481 e. The summed E-state index contributed by atoms with van der Waals surface area (Å²) in [5, 5.41) is 8.80. The van der Waals surface area contributed by atoms with E-state index < -0.39 is 5.97 Å². The predicted octanol–water partition coefficient (Wildman–Crippen LogP) is 3.83. The van der Waals surface area contributed by atoms with E-state index >= 15 is 0 Å². The molecule has 3 nitrogen and oxygen atoms in total. The van der Waals surface area contributed by atoms with Crippen LogP contribution in [0, 0.1) is 5.82 Å². The normalized spacial score (nSPS) is 13.0. The van der Waals surface area contributed by atoms with Crippen LogP contribution in [-0.4, -0.2) is 28.6 Å². The highest BCUT2D eigenvalue weighted by Gasteiger charge is 2.21. The summed E-state index contributed by atoms with van der Waals surface area (Å²) in [6.07, 6.45) is 0.0985. The van der Waals surface area contributed by atoms with Crippen LogP contribution < -0.4 is 0 Å². The van der Waals surface area contributed by atoms with Crippen molar-refractivity contribution >= 4 is 21.9 Å². The Morgan fingerprint density at radius 3 is 2.53 bits per heavy atom. The van der Waals surface area contributed by atoms with Crippen molar-refractivity contribution in [2.45, 2.75) is 39.3 Å². The van der Waals surface area contributed by atoms with E-state index in [0.717, 1.165) is 5.56 Å². The van der Waals surface area contributed by atoms with E-state index in [2.05, 4.69) is 20.8 Å². The fraction of sp³-hybridized carbons (Fsp3) is 0.500. The Kier molecular flexibility index (Phi) is 5.94. The number of aliphatic carboxylic acids is 1. The minimum absolute atomic E-state index is 0.0225. The maximum atomic E-state index is 13.1. The number of carboxylic acids is 1. The number of halogens is 2. The van der Waals surface area contributed by atoms with Crippen molar-refractivity contribution in [3.8, 4) is 0 Å². The number of hydrogen-bond donors (Lipinski definition) is 1. The molecule has 5 heteroatoms. The Labute approximate surface area is 121 Å². The van der Waals surface area contributed by atoms with Crippen molar-refractivity contribution in [3.05, 3.63) is 34.1 Å². The SMILES string of the molecule is CC(C)N(CCC(=O)O)C(C)c1ccc(F)cc1Br. The van der Waals surface area contributed by atoms with Gasteiger partial charge >= 0.3 is 5.97 Å². The number of rotatable bonds is 6. The standard InChI is InChI=1S/C14H19BrFNO2/c1-9(2)17(7-6-14(18)19)10(3)12-5-4-11(16)8-13(12)15/h4-5,8-10H,6-7H2,1-3H3,(H,18,19). The predicted molar refractivity (Wildman–Crippen MR) is 76.6 cm³/mol. The van der Waals surface area contributed by atoms with Crippen LogP contribution in [0.25, 0.3) is 0 Å². The minimum atomic E-state index is -0.809. The monoisotopic (exact) mass is 331 g/mol. The molecule has 0 aliphatic rings. The molecule has 1 aromatic rings. The molecular weight excluding hydrogens is 313 g/mol. The second-order valence-electron chi connectivity index (χ2n) is 4.82. The van der Waals surface area contributed by atoms with E-state index in [-0.39, 0.29) is 24.3 Å². The molecule has 1 unspecified atom stereocenters. The Balaban J connectivity index is 2.92. The van der Waals surface area contributed by atoms with Gasteiger partial charge in [-0.15, -0.1) is 0 Å². The molecular formula is C14H19BrFNO2. The molecule has 0 spiro atoms. The smallest absolute Gasteiger partial charge is 0.304 e. The van der Waals surface area contributed by atoms with Crippen molar-refractivity contribution in [3.63, 3.8) is 0 Å². The second kappa shape index (κ2) is 7.01. The lowest BCUT2D eigenvalue weighted by atomic mass is 10.0. The summed E-state index contributed by atoms with van der Waals surface area (Å²) in [6, 6.07) is 4.83. The summed E-state index contributed by atoms with van der Waals surface area (Å²) < 4.78 is 13.8. The summed E-state index contributed by atoms with van der Waals surface area (Å²) in [7, 11) is 0. The topological polar surface area (TPSA) is 40.5 Å². The molecule has 0 heterocycles. The van der Waals surface area contributed by atoms with Crippen molar-refractivity contribution in [2.75, 3.05) is 6.54 Å².